The van der Waals surface area contributed by atoms with Gasteiger partial charge in [-0.05, 0) is 18.6 Å². The minimum absolute atomic E-state index is 0.108. The number of benzene rings is 1. The molecule has 1 amide bonds. The molecule has 3 heteroatoms. The van der Waals surface area contributed by atoms with Crippen LogP contribution in [0.25, 0.3) is 0 Å². The van der Waals surface area contributed by atoms with E-state index in [1.807, 2.05) is 30.3 Å². The molecule has 0 bridgehead atoms. The number of carbonyl (C=O) groups excluding carboxylic acids is 1. The van der Waals surface area contributed by atoms with Crippen LogP contribution in [0.15, 0.2) is 42.5 Å². The van der Waals surface area contributed by atoms with E-state index >= 15 is 0 Å². The molecule has 0 spiro atoms. The van der Waals surface area contributed by atoms with E-state index < -0.39 is 0 Å². The number of amides is 1. The fourth-order valence-corrected chi connectivity index (χ4v) is 1.24. The fourth-order valence-electron chi connectivity index (χ4n) is 1.24. The third-order valence-electron chi connectivity index (χ3n) is 2.04. The molecule has 0 aliphatic heterocycles. The number of rotatable bonds is 4. The molecule has 15 heavy (non-hydrogen) atoms. The van der Waals surface area contributed by atoms with Crippen LogP contribution >= 0.6 is 0 Å². The Hall–Kier alpha value is -1.61. The Bertz CT molecular complexity index is 333. The lowest BCUT2D eigenvalue weighted by Crippen LogP contribution is -2.30. The highest BCUT2D eigenvalue weighted by Crippen LogP contribution is 2.07. The molecular weight excluding hydrogens is 188 g/mol. The molecule has 0 aliphatic rings. The first kappa shape index (κ1) is 11.5. The van der Waals surface area contributed by atoms with Crippen LogP contribution in [-0.2, 0) is 4.79 Å². The Balaban J connectivity index is 2.43. The quantitative estimate of drug-likeness (QED) is 0.728. The molecular formula is C12H16N2O. The summed E-state index contributed by atoms with van der Waals surface area (Å²) in [5.41, 5.74) is 6.93. The molecule has 0 radical (unpaired) electrons. The zero-order chi connectivity index (χ0) is 11.1. The van der Waals surface area contributed by atoms with E-state index in [-0.39, 0.29) is 11.9 Å². The summed E-state index contributed by atoms with van der Waals surface area (Å²) in [5, 5.41) is 2.73. The number of hydrogen-bond donors (Lipinski definition) is 2. The van der Waals surface area contributed by atoms with Crippen molar-refractivity contribution in [2.45, 2.75) is 13.0 Å². The van der Waals surface area contributed by atoms with Gasteiger partial charge >= 0.3 is 0 Å². The highest BCUT2D eigenvalue weighted by atomic mass is 16.1. The van der Waals surface area contributed by atoms with Gasteiger partial charge < -0.3 is 11.1 Å². The molecule has 0 saturated heterocycles. The monoisotopic (exact) mass is 204 g/mol. The Labute approximate surface area is 90.0 Å². The normalized spacial score (nSPS) is 12.7. The second-order valence-corrected chi connectivity index (χ2v) is 3.26. The maximum atomic E-state index is 11.1. The van der Waals surface area contributed by atoms with Gasteiger partial charge in [-0.2, -0.15) is 0 Å². The predicted molar refractivity (Wildman–Crippen MR) is 61.2 cm³/mol. The molecule has 0 aliphatic carbocycles. The predicted octanol–water partition coefficient (Wildman–Crippen LogP) is 1.38. The van der Waals surface area contributed by atoms with E-state index in [0.29, 0.717) is 6.54 Å². The van der Waals surface area contributed by atoms with Gasteiger partial charge in [0, 0.05) is 12.6 Å². The largest absolute Gasteiger partial charge is 0.351 e. The first-order valence-electron chi connectivity index (χ1n) is 4.95. The Morgan fingerprint density at radius 3 is 2.73 bits per heavy atom. The van der Waals surface area contributed by atoms with Crippen molar-refractivity contribution in [2.75, 3.05) is 6.54 Å². The smallest absolute Gasteiger partial charge is 0.243 e. The van der Waals surface area contributed by atoms with Gasteiger partial charge in [0.05, 0.1) is 0 Å². The van der Waals surface area contributed by atoms with Crippen molar-refractivity contribution in [2.24, 2.45) is 5.73 Å². The fraction of sp³-hybridized carbons (Fsp3) is 0.250. The number of hydrogen-bond acceptors (Lipinski definition) is 2. The minimum Gasteiger partial charge on any atom is -0.351 e. The maximum Gasteiger partial charge on any atom is 0.243 e. The van der Waals surface area contributed by atoms with E-state index in [0.717, 1.165) is 5.56 Å². The molecule has 3 nitrogen and oxygen atoms in total. The van der Waals surface area contributed by atoms with Gasteiger partial charge in [-0.1, -0.05) is 36.4 Å². The van der Waals surface area contributed by atoms with Gasteiger partial charge in [-0.25, -0.2) is 0 Å². The first-order chi connectivity index (χ1) is 7.24. The summed E-state index contributed by atoms with van der Waals surface area (Å²) in [6, 6.07) is 9.56. The molecule has 1 aromatic rings. The van der Waals surface area contributed by atoms with Gasteiger partial charge in [-0.15, -0.1) is 0 Å². The summed E-state index contributed by atoms with van der Waals surface area (Å²) >= 11 is 0. The summed E-state index contributed by atoms with van der Waals surface area (Å²) in [6.45, 7) is 2.25. The van der Waals surface area contributed by atoms with Crippen molar-refractivity contribution >= 4 is 5.91 Å². The highest BCUT2D eigenvalue weighted by molar-refractivity contribution is 5.87. The topological polar surface area (TPSA) is 55.1 Å². The highest BCUT2D eigenvalue weighted by Gasteiger charge is 2.05. The summed E-state index contributed by atoms with van der Waals surface area (Å²) in [6.07, 6.45) is 3.18. The van der Waals surface area contributed by atoms with Gasteiger partial charge in [0.15, 0.2) is 0 Å². The van der Waals surface area contributed by atoms with E-state index in [1.165, 1.54) is 6.08 Å². The SMILES string of the molecule is CC=CC(=O)NCC(N)c1ccccc1. The number of nitrogens with two attached hydrogens (primary N) is 1. The van der Waals surface area contributed by atoms with E-state index in [2.05, 4.69) is 5.32 Å². The lowest BCUT2D eigenvalue weighted by Gasteiger charge is -2.11. The minimum atomic E-state index is -0.152. The number of carbonyl (C=O) groups is 1. The van der Waals surface area contributed by atoms with Crippen LogP contribution in [0.3, 0.4) is 0 Å². The molecule has 1 aromatic carbocycles. The van der Waals surface area contributed by atoms with Gasteiger partial charge in [0.1, 0.15) is 0 Å². The van der Waals surface area contributed by atoms with Crippen LogP contribution in [0.5, 0.6) is 0 Å². The molecule has 0 saturated carbocycles. The Kier molecular flexibility index (Phi) is 4.57. The van der Waals surface area contributed by atoms with Crippen LogP contribution in [0.2, 0.25) is 0 Å². The average Bonchev–Trinajstić information content (AvgIpc) is 2.27. The zero-order valence-corrected chi connectivity index (χ0v) is 8.81. The van der Waals surface area contributed by atoms with Crippen LogP contribution < -0.4 is 11.1 Å². The second-order valence-electron chi connectivity index (χ2n) is 3.26. The van der Waals surface area contributed by atoms with Gasteiger partial charge in [0.2, 0.25) is 5.91 Å². The van der Waals surface area contributed by atoms with E-state index in [4.69, 9.17) is 5.73 Å². The molecule has 0 fully saturated rings. The van der Waals surface area contributed by atoms with Crippen molar-refractivity contribution < 1.29 is 4.79 Å². The third-order valence-corrected chi connectivity index (χ3v) is 2.04. The molecule has 80 valence electrons. The third kappa shape index (κ3) is 3.95. The number of allylic oxidation sites excluding steroid dienone is 1. The standard InChI is InChI=1S/C12H16N2O/c1-2-6-12(15)14-9-11(13)10-7-4-3-5-8-10/h2-8,11H,9,13H2,1H3,(H,14,15). The van der Waals surface area contributed by atoms with Crippen molar-refractivity contribution in [3.8, 4) is 0 Å². The average molecular weight is 204 g/mol. The molecule has 0 heterocycles. The summed E-state index contributed by atoms with van der Waals surface area (Å²) < 4.78 is 0. The summed E-state index contributed by atoms with van der Waals surface area (Å²) in [7, 11) is 0. The zero-order valence-electron chi connectivity index (χ0n) is 8.81. The lowest BCUT2D eigenvalue weighted by atomic mass is 10.1. The Morgan fingerprint density at radius 1 is 1.47 bits per heavy atom. The van der Waals surface area contributed by atoms with Gasteiger partial charge in [0.25, 0.3) is 0 Å². The van der Waals surface area contributed by atoms with Crippen LogP contribution in [0, 0.1) is 0 Å². The molecule has 1 rings (SSSR count). The summed E-state index contributed by atoms with van der Waals surface area (Å²) in [5.74, 6) is -0.108. The van der Waals surface area contributed by atoms with Crippen molar-refractivity contribution in [3.63, 3.8) is 0 Å². The van der Waals surface area contributed by atoms with E-state index in [1.54, 1.807) is 13.0 Å². The van der Waals surface area contributed by atoms with Crippen molar-refractivity contribution in [3.05, 3.63) is 48.0 Å². The van der Waals surface area contributed by atoms with Crippen LogP contribution in [-0.4, -0.2) is 12.5 Å². The van der Waals surface area contributed by atoms with Crippen molar-refractivity contribution in [1.82, 2.24) is 5.32 Å². The molecule has 0 aromatic heterocycles. The first-order valence-corrected chi connectivity index (χ1v) is 4.95. The molecule has 3 N–H and O–H groups in total. The molecule has 1 atom stereocenters. The van der Waals surface area contributed by atoms with E-state index in [9.17, 15) is 4.79 Å². The Morgan fingerprint density at radius 2 is 2.13 bits per heavy atom. The van der Waals surface area contributed by atoms with Crippen LogP contribution in [0.4, 0.5) is 0 Å². The van der Waals surface area contributed by atoms with Gasteiger partial charge in [-0.3, -0.25) is 4.79 Å². The van der Waals surface area contributed by atoms with Crippen molar-refractivity contribution in [1.29, 1.82) is 0 Å². The second kappa shape index (κ2) is 5.98. The molecule has 1 unspecified atom stereocenters. The lowest BCUT2D eigenvalue weighted by molar-refractivity contribution is -0.116. The number of nitrogens with one attached hydrogen (secondary N) is 1. The van der Waals surface area contributed by atoms with Crippen LogP contribution in [0.1, 0.15) is 18.5 Å². The summed E-state index contributed by atoms with van der Waals surface area (Å²) in [4.78, 5) is 11.1. The maximum absolute atomic E-state index is 11.1.